The quantitative estimate of drug-likeness (QED) is 0.579. The molecule has 0 aromatic heterocycles. The van der Waals surface area contributed by atoms with Crippen LogP contribution in [-0.2, 0) is 10.0 Å². The average Bonchev–Trinajstić information content (AvgIpc) is 2.25. The molecule has 1 aliphatic rings. The molecule has 1 unspecified atom stereocenters. The maximum atomic E-state index is 12.0. The number of hydrogen-bond acceptors (Lipinski definition) is 2. The van der Waals surface area contributed by atoms with Crippen LogP contribution >= 0.6 is 22.6 Å². The van der Waals surface area contributed by atoms with Crippen LogP contribution in [0.2, 0.25) is 0 Å². The van der Waals surface area contributed by atoms with E-state index in [1.54, 1.807) is 19.9 Å². The topological polar surface area (TPSA) is 40.2 Å². The maximum Gasteiger partial charge on any atom is 0.173 e. The molecular weight excluding hydrogens is 305 g/mol. The summed E-state index contributed by atoms with van der Waals surface area (Å²) in [5.74, 6) is 0.0621. The van der Waals surface area contributed by atoms with Crippen molar-refractivity contribution in [1.29, 1.82) is 0 Å². The van der Waals surface area contributed by atoms with Gasteiger partial charge in [-0.2, -0.15) is 0 Å². The summed E-state index contributed by atoms with van der Waals surface area (Å²) in [4.78, 5) is 12.0. The van der Waals surface area contributed by atoms with Gasteiger partial charge in [-0.15, -0.1) is 10.3 Å². The molecule has 1 aliphatic heterocycles. The van der Waals surface area contributed by atoms with Crippen LogP contribution in [0.5, 0.6) is 0 Å². The number of carbonyl (C=O) groups excluding carboxylic acids is 1. The summed E-state index contributed by atoms with van der Waals surface area (Å²) < 4.78 is -0.0876. The second kappa shape index (κ2) is 3.82. The molecule has 0 saturated heterocycles. The van der Waals surface area contributed by atoms with Gasteiger partial charge in [0.15, 0.2) is 5.78 Å². The second-order valence-electron chi connectivity index (χ2n) is 5.05. The van der Waals surface area contributed by atoms with Crippen LogP contribution in [0.1, 0.15) is 34.6 Å². The average molecular weight is 322 g/mol. The van der Waals surface area contributed by atoms with E-state index in [2.05, 4.69) is 22.6 Å². The maximum absolute atomic E-state index is 12.0. The third-order valence-electron chi connectivity index (χ3n) is 2.81. The highest BCUT2D eigenvalue weighted by Gasteiger charge is 2.48. The SMILES string of the molecule is CC(I)C(=O)C1=CC(C)(C)N([O])C1(C)C. The molecule has 0 aromatic carbocycles. The van der Waals surface area contributed by atoms with Gasteiger partial charge in [-0.1, -0.05) is 28.7 Å². The minimum Gasteiger partial charge on any atom is -0.293 e. The van der Waals surface area contributed by atoms with Crippen LogP contribution in [0.25, 0.3) is 0 Å². The van der Waals surface area contributed by atoms with Crippen LogP contribution in [0.15, 0.2) is 11.6 Å². The first-order chi connectivity index (χ1) is 6.60. The summed E-state index contributed by atoms with van der Waals surface area (Å²) in [6, 6.07) is 0. The number of carbonyl (C=O) groups is 1. The zero-order chi connectivity index (χ0) is 12.0. The van der Waals surface area contributed by atoms with Crippen molar-refractivity contribution < 1.29 is 10.0 Å². The summed E-state index contributed by atoms with van der Waals surface area (Å²) >= 11 is 2.08. The molecule has 0 spiro atoms. The molecule has 4 heteroatoms. The zero-order valence-electron chi connectivity index (χ0n) is 9.80. The summed E-state index contributed by atoms with van der Waals surface area (Å²) in [6.07, 6.45) is 1.80. The highest BCUT2D eigenvalue weighted by Crippen LogP contribution is 2.39. The van der Waals surface area contributed by atoms with E-state index < -0.39 is 11.1 Å². The molecule has 1 radical (unpaired) electrons. The van der Waals surface area contributed by atoms with Crippen LogP contribution in [0.4, 0.5) is 0 Å². The Hall–Kier alpha value is 0.0600. The molecule has 0 aliphatic carbocycles. The standard InChI is InChI=1S/C11H17INO2/c1-7(12)9(14)8-6-10(2,3)13(15)11(8,4)5/h6-7H,1-5H3. The molecule has 3 nitrogen and oxygen atoms in total. The van der Waals surface area contributed by atoms with E-state index in [9.17, 15) is 10.0 Å². The van der Waals surface area contributed by atoms with Crippen LogP contribution in [0, 0.1) is 0 Å². The summed E-state index contributed by atoms with van der Waals surface area (Å²) in [5.41, 5.74) is -0.649. The molecule has 15 heavy (non-hydrogen) atoms. The minimum absolute atomic E-state index is 0.0621. The lowest BCUT2D eigenvalue weighted by Gasteiger charge is -2.33. The molecule has 1 heterocycles. The molecule has 1 rings (SSSR count). The molecule has 1 atom stereocenters. The Labute approximate surface area is 105 Å². The van der Waals surface area contributed by atoms with Gasteiger partial charge in [-0.25, -0.2) is 0 Å². The zero-order valence-corrected chi connectivity index (χ0v) is 12.0. The highest BCUT2D eigenvalue weighted by molar-refractivity contribution is 14.1. The number of nitrogens with zero attached hydrogens (tertiary/aromatic N) is 1. The van der Waals surface area contributed by atoms with Crippen LogP contribution < -0.4 is 0 Å². The van der Waals surface area contributed by atoms with Gasteiger partial charge in [0, 0.05) is 5.57 Å². The van der Waals surface area contributed by atoms with Gasteiger partial charge >= 0.3 is 0 Å². The van der Waals surface area contributed by atoms with E-state index in [0.717, 1.165) is 5.06 Å². The third kappa shape index (κ3) is 2.12. The molecule has 0 N–H and O–H groups in total. The summed E-state index contributed by atoms with van der Waals surface area (Å²) in [5, 5.41) is 13.0. The molecule has 0 aromatic rings. The van der Waals surface area contributed by atoms with Crippen molar-refractivity contribution in [3.63, 3.8) is 0 Å². The first kappa shape index (κ1) is 13.1. The molecule has 0 amide bonds. The van der Waals surface area contributed by atoms with Crippen molar-refractivity contribution >= 4 is 28.4 Å². The number of hydroxylamine groups is 2. The van der Waals surface area contributed by atoms with Crippen molar-refractivity contribution in [2.45, 2.75) is 49.6 Å². The summed E-state index contributed by atoms with van der Waals surface area (Å²) in [7, 11) is 0. The Balaban J connectivity index is 3.15. The monoisotopic (exact) mass is 322 g/mol. The van der Waals surface area contributed by atoms with Gasteiger partial charge in [0.25, 0.3) is 0 Å². The fourth-order valence-corrected chi connectivity index (χ4v) is 2.34. The van der Waals surface area contributed by atoms with E-state index in [0.29, 0.717) is 5.57 Å². The Morgan fingerprint density at radius 3 is 2.13 bits per heavy atom. The van der Waals surface area contributed by atoms with Gasteiger partial charge in [-0.05, 0) is 34.6 Å². The lowest BCUT2D eigenvalue weighted by Crippen LogP contribution is -2.48. The predicted molar refractivity (Wildman–Crippen MR) is 67.3 cm³/mol. The minimum atomic E-state index is -0.708. The van der Waals surface area contributed by atoms with Gasteiger partial charge in [0.2, 0.25) is 0 Å². The molecule has 0 fully saturated rings. The van der Waals surface area contributed by atoms with Crippen molar-refractivity contribution in [2.24, 2.45) is 0 Å². The number of halogens is 1. The fraction of sp³-hybridized carbons (Fsp3) is 0.727. The number of ketones is 1. The number of rotatable bonds is 2. The first-order valence-electron chi connectivity index (χ1n) is 5.00. The lowest BCUT2D eigenvalue weighted by atomic mass is 9.92. The molecule has 85 valence electrons. The Kier molecular flexibility index (Phi) is 3.34. The highest BCUT2D eigenvalue weighted by atomic mass is 127. The van der Waals surface area contributed by atoms with E-state index in [1.807, 2.05) is 20.8 Å². The second-order valence-corrected chi connectivity index (χ2v) is 6.91. The van der Waals surface area contributed by atoms with E-state index in [1.165, 1.54) is 0 Å². The molecular formula is C11H17INO2. The van der Waals surface area contributed by atoms with Crippen molar-refractivity contribution in [3.05, 3.63) is 11.6 Å². The first-order valence-corrected chi connectivity index (χ1v) is 6.24. The van der Waals surface area contributed by atoms with E-state index in [-0.39, 0.29) is 9.71 Å². The smallest absolute Gasteiger partial charge is 0.173 e. The van der Waals surface area contributed by atoms with Gasteiger partial charge in [0.1, 0.15) is 0 Å². The Bertz CT molecular complexity index is 319. The van der Waals surface area contributed by atoms with E-state index in [4.69, 9.17) is 0 Å². The molecule has 0 bridgehead atoms. The number of alkyl halides is 1. The predicted octanol–water partition coefficient (Wildman–Crippen LogP) is 2.52. The fourth-order valence-electron chi connectivity index (χ4n) is 2.01. The van der Waals surface area contributed by atoms with Crippen molar-refractivity contribution in [2.75, 3.05) is 0 Å². The number of Topliss-reactive ketones (excluding diaryl/α,β-unsaturated/α-hetero) is 1. The van der Waals surface area contributed by atoms with Gasteiger partial charge in [-0.3, -0.25) is 4.79 Å². The summed E-state index contributed by atoms with van der Waals surface area (Å²) in [6.45, 7) is 9.12. The van der Waals surface area contributed by atoms with Crippen LogP contribution in [0.3, 0.4) is 0 Å². The van der Waals surface area contributed by atoms with E-state index >= 15 is 0 Å². The molecule has 0 saturated carbocycles. The van der Waals surface area contributed by atoms with Crippen LogP contribution in [-0.4, -0.2) is 25.8 Å². The van der Waals surface area contributed by atoms with Gasteiger partial charge < -0.3 is 0 Å². The van der Waals surface area contributed by atoms with Gasteiger partial charge in [0.05, 0.1) is 15.0 Å². The lowest BCUT2D eigenvalue weighted by molar-refractivity contribution is -0.238. The third-order valence-corrected chi connectivity index (χ3v) is 3.38. The largest absolute Gasteiger partial charge is 0.293 e. The Morgan fingerprint density at radius 1 is 1.40 bits per heavy atom. The normalized spacial score (nSPS) is 26.2. The van der Waals surface area contributed by atoms with Crippen molar-refractivity contribution in [1.82, 2.24) is 5.06 Å². The Morgan fingerprint density at radius 2 is 1.87 bits per heavy atom. The number of hydrogen-bond donors (Lipinski definition) is 0. The van der Waals surface area contributed by atoms with Crippen molar-refractivity contribution in [3.8, 4) is 0 Å².